The highest BCUT2D eigenvalue weighted by Crippen LogP contribution is 2.37. The van der Waals surface area contributed by atoms with Crippen molar-refractivity contribution in [1.29, 1.82) is 0 Å². The maximum Gasteiger partial charge on any atom is 0.408 e. The number of benzene rings is 1. The van der Waals surface area contributed by atoms with E-state index in [-0.39, 0.29) is 27.0 Å². The molecule has 2 rings (SSSR count). The number of alkyl carbamates (subject to hydrolysis) is 1. The van der Waals surface area contributed by atoms with E-state index in [4.69, 9.17) is 32.4 Å². The fourth-order valence-corrected chi connectivity index (χ4v) is 2.70. The topological polar surface area (TPSA) is 88.8 Å². The predicted molar refractivity (Wildman–Crippen MR) is 91.0 cm³/mol. The summed E-state index contributed by atoms with van der Waals surface area (Å²) in [5, 5.41) is 12.7. The standard InChI is InChI=1S/C16H17Cl2NO5/c1-7(19-15(22)24-16(2,3)4)12-11(18)9-5-8(17)6-10(14(20)21)13(9)23-12/h5-7H,1-4H3,(H,19,22)(H,20,21). The lowest BCUT2D eigenvalue weighted by Gasteiger charge is -2.21. The molecule has 6 nitrogen and oxygen atoms in total. The third-order valence-corrected chi connectivity index (χ3v) is 3.68. The van der Waals surface area contributed by atoms with E-state index in [0.717, 1.165) is 0 Å². The first kappa shape index (κ1) is 18.4. The number of nitrogens with one attached hydrogen (secondary N) is 1. The van der Waals surface area contributed by atoms with Crippen molar-refractivity contribution in [2.45, 2.75) is 39.3 Å². The Morgan fingerprint density at radius 3 is 2.46 bits per heavy atom. The fraction of sp³-hybridized carbons (Fsp3) is 0.375. The number of amides is 1. The van der Waals surface area contributed by atoms with Gasteiger partial charge in [0.15, 0.2) is 5.58 Å². The van der Waals surface area contributed by atoms with E-state index >= 15 is 0 Å². The van der Waals surface area contributed by atoms with Crippen LogP contribution >= 0.6 is 23.2 Å². The quantitative estimate of drug-likeness (QED) is 0.787. The van der Waals surface area contributed by atoms with Crippen molar-refractivity contribution in [3.05, 3.63) is 33.5 Å². The molecule has 130 valence electrons. The molecule has 1 atom stereocenters. The van der Waals surface area contributed by atoms with Crippen molar-refractivity contribution in [3.63, 3.8) is 0 Å². The lowest BCUT2D eigenvalue weighted by atomic mass is 10.1. The van der Waals surface area contributed by atoms with E-state index in [9.17, 15) is 14.7 Å². The van der Waals surface area contributed by atoms with Crippen LogP contribution < -0.4 is 5.32 Å². The number of ether oxygens (including phenoxy) is 1. The van der Waals surface area contributed by atoms with Crippen LogP contribution in [0.15, 0.2) is 16.5 Å². The molecule has 0 saturated heterocycles. The van der Waals surface area contributed by atoms with E-state index in [1.54, 1.807) is 27.7 Å². The third kappa shape index (κ3) is 3.94. The molecule has 1 heterocycles. The van der Waals surface area contributed by atoms with Crippen LogP contribution in [0.25, 0.3) is 11.0 Å². The lowest BCUT2D eigenvalue weighted by molar-refractivity contribution is 0.0501. The van der Waals surface area contributed by atoms with Crippen LogP contribution in [0.4, 0.5) is 4.79 Å². The number of furan rings is 1. The number of halogens is 2. The first-order valence-corrected chi connectivity index (χ1v) is 7.89. The zero-order chi connectivity index (χ0) is 18.2. The Balaban J connectivity index is 2.39. The Morgan fingerprint density at radius 2 is 1.92 bits per heavy atom. The van der Waals surface area contributed by atoms with Gasteiger partial charge < -0.3 is 19.6 Å². The van der Waals surface area contributed by atoms with Crippen molar-refractivity contribution < 1.29 is 23.8 Å². The molecule has 8 heteroatoms. The Labute approximate surface area is 148 Å². The van der Waals surface area contributed by atoms with Crippen LogP contribution in [0, 0.1) is 0 Å². The molecular formula is C16H17Cl2NO5. The van der Waals surface area contributed by atoms with Gasteiger partial charge in [-0.25, -0.2) is 9.59 Å². The lowest BCUT2D eigenvalue weighted by Crippen LogP contribution is -2.33. The number of hydrogen-bond acceptors (Lipinski definition) is 4. The smallest absolute Gasteiger partial charge is 0.408 e. The molecule has 24 heavy (non-hydrogen) atoms. The molecule has 1 unspecified atom stereocenters. The summed E-state index contributed by atoms with van der Waals surface area (Å²) >= 11 is 12.2. The summed E-state index contributed by atoms with van der Waals surface area (Å²) in [5.41, 5.74) is -0.647. The monoisotopic (exact) mass is 373 g/mol. The van der Waals surface area contributed by atoms with E-state index in [0.29, 0.717) is 5.39 Å². The molecule has 2 N–H and O–H groups in total. The summed E-state index contributed by atoms with van der Waals surface area (Å²) in [5.74, 6) is -0.963. The highest BCUT2D eigenvalue weighted by Gasteiger charge is 2.25. The summed E-state index contributed by atoms with van der Waals surface area (Å²) in [6.45, 7) is 6.88. The van der Waals surface area contributed by atoms with E-state index in [2.05, 4.69) is 5.32 Å². The second-order valence-corrected chi connectivity index (χ2v) is 7.10. The SMILES string of the molecule is CC(NC(=O)OC(C)(C)C)c1oc2c(C(=O)O)cc(Cl)cc2c1Cl. The molecule has 0 saturated carbocycles. The van der Waals surface area contributed by atoms with Crippen LogP contribution in [0.1, 0.15) is 49.9 Å². The molecule has 0 aliphatic carbocycles. The third-order valence-electron chi connectivity index (χ3n) is 3.08. The number of aromatic carboxylic acids is 1. The summed E-state index contributed by atoms with van der Waals surface area (Å²) in [6, 6.07) is 2.17. The Hall–Kier alpha value is -1.92. The molecular weight excluding hydrogens is 357 g/mol. The zero-order valence-corrected chi connectivity index (χ0v) is 15.1. The molecule has 0 aliphatic heterocycles. The maximum atomic E-state index is 11.9. The first-order valence-electron chi connectivity index (χ1n) is 7.14. The van der Waals surface area contributed by atoms with Crippen LogP contribution in [0.2, 0.25) is 10.0 Å². The Morgan fingerprint density at radius 1 is 1.29 bits per heavy atom. The van der Waals surface area contributed by atoms with Crippen LogP contribution in [0.5, 0.6) is 0 Å². The summed E-state index contributed by atoms with van der Waals surface area (Å²) < 4.78 is 10.8. The minimum absolute atomic E-state index is 0.102. The molecule has 1 amide bonds. The van der Waals surface area contributed by atoms with Crippen LogP contribution in [-0.4, -0.2) is 22.8 Å². The number of hydrogen-bond donors (Lipinski definition) is 2. The fourth-order valence-electron chi connectivity index (χ4n) is 2.14. The second kappa shape index (κ2) is 6.53. The number of fused-ring (bicyclic) bond motifs is 1. The normalized spacial score (nSPS) is 12.9. The molecule has 0 radical (unpaired) electrons. The van der Waals surface area contributed by atoms with E-state index in [1.807, 2.05) is 0 Å². The van der Waals surface area contributed by atoms with Crippen molar-refractivity contribution >= 4 is 46.2 Å². The van der Waals surface area contributed by atoms with Crippen molar-refractivity contribution in [2.75, 3.05) is 0 Å². The first-order chi connectivity index (χ1) is 11.0. The molecule has 0 bridgehead atoms. The predicted octanol–water partition coefficient (Wildman–Crippen LogP) is 5.02. The number of carbonyl (C=O) groups is 2. The number of carbonyl (C=O) groups excluding carboxylic acids is 1. The second-order valence-electron chi connectivity index (χ2n) is 6.28. The van der Waals surface area contributed by atoms with Gasteiger partial charge in [0.05, 0.1) is 11.1 Å². The minimum Gasteiger partial charge on any atom is -0.478 e. The van der Waals surface area contributed by atoms with Gasteiger partial charge >= 0.3 is 12.1 Å². The summed E-state index contributed by atoms with van der Waals surface area (Å²) in [4.78, 5) is 23.2. The van der Waals surface area contributed by atoms with Crippen molar-refractivity contribution in [1.82, 2.24) is 5.32 Å². The van der Waals surface area contributed by atoms with Gasteiger partial charge in [-0.05, 0) is 39.8 Å². The Kier molecular flexibility index (Phi) is 5.01. The molecule has 1 aromatic carbocycles. The molecule has 1 aromatic heterocycles. The molecule has 2 aromatic rings. The van der Waals surface area contributed by atoms with Crippen LogP contribution in [-0.2, 0) is 4.74 Å². The summed E-state index contributed by atoms with van der Waals surface area (Å²) in [7, 11) is 0. The maximum absolute atomic E-state index is 11.9. The average Bonchev–Trinajstić information content (AvgIpc) is 2.73. The largest absolute Gasteiger partial charge is 0.478 e. The molecule has 0 fully saturated rings. The van der Waals surface area contributed by atoms with Gasteiger partial charge in [-0.2, -0.15) is 0 Å². The Bertz CT molecular complexity index is 807. The van der Waals surface area contributed by atoms with Crippen molar-refractivity contribution in [3.8, 4) is 0 Å². The van der Waals surface area contributed by atoms with Gasteiger partial charge in [0, 0.05) is 10.4 Å². The van der Waals surface area contributed by atoms with Crippen molar-refractivity contribution in [2.24, 2.45) is 0 Å². The number of rotatable bonds is 3. The van der Waals surface area contributed by atoms with Gasteiger partial charge in [-0.1, -0.05) is 23.2 Å². The number of carboxylic acid groups (broad SMARTS) is 1. The number of carboxylic acids is 1. The van der Waals surface area contributed by atoms with Gasteiger partial charge in [-0.3, -0.25) is 0 Å². The average molecular weight is 374 g/mol. The highest BCUT2D eigenvalue weighted by molar-refractivity contribution is 6.38. The molecule has 0 spiro atoms. The minimum atomic E-state index is -1.19. The molecule has 0 aliphatic rings. The van der Waals surface area contributed by atoms with Gasteiger partial charge in [0.25, 0.3) is 0 Å². The van der Waals surface area contributed by atoms with Crippen LogP contribution in [0.3, 0.4) is 0 Å². The van der Waals surface area contributed by atoms with E-state index in [1.165, 1.54) is 12.1 Å². The van der Waals surface area contributed by atoms with Gasteiger partial charge in [0.1, 0.15) is 16.9 Å². The highest BCUT2D eigenvalue weighted by atomic mass is 35.5. The summed E-state index contributed by atoms with van der Waals surface area (Å²) in [6.07, 6.45) is -0.636. The van der Waals surface area contributed by atoms with Gasteiger partial charge in [-0.15, -0.1) is 0 Å². The zero-order valence-electron chi connectivity index (χ0n) is 13.6. The van der Waals surface area contributed by atoms with E-state index < -0.39 is 23.7 Å². The van der Waals surface area contributed by atoms with Gasteiger partial charge in [0.2, 0.25) is 0 Å².